The van der Waals surface area contributed by atoms with Gasteiger partial charge in [-0.25, -0.2) is 0 Å². The van der Waals surface area contributed by atoms with Crippen LogP contribution in [-0.4, -0.2) is 17.7 Å². The molecule has 4 heteroatoms. The molecule has 0 radical (unpaired) electrons. The molecule has 26 heavy (non-hydrogen) atoms. The van der Waals surface area contributed by atoms with E-state index in [9.17, 15) is 9.59 Å². The molecular weight excluding hydrogens is 324 g/mol. The Bertz CT molecular complexity index is 853. The van der Waals surface area contributed by atoms with Gasteiger partial charge in [-0.15, -0.1) is 0 Å². The van der Waals surface area contributed by atoms with Gasteiger partial charge < -0.3 is 5.32 Å². The maximum atomic E-state index is 12.7. The lowest BCUT2D eigenvalue weighted by Gasteiger charge is -2.22. The van der Waals surface area contributed by atoms with Crippen molar-refractivity contribution in [3.05, 3.63) is 69.8 Å². The Hall–Kier alpha value is -2.93. The molecule has 0 fully saturated rings. The first kappa shape index (κ1) is 19.4. The summed E-state index contributed by atoms with van der Waals surface area (Å²) in [5.74, 6) is -0.593. The molecule has 2 aromatic carbocycles. The number of hydrogen-bond acceptors (Lipinski definition) is 3. The molecular formula is C22H24N2O2. The summed E-state index contributed by atoms with van der Waals surface area (Å²) >= 11 is 0. The fourth-order valence-corrected chi connectivity index (χ4v) is 3.14. The van der Waals surface area contributed by atoms with Crippen LogP contribution in [0.1, 0.15) is 56.8 Å². The number of rotatable bonds is 5. The van der Waals surface area contributed by atoms with Crippen molar-refractivity contribution >= 4 is 11.7 Å². The number of ketones is 1. The lowest BCUT2D eigenvalue weighted by Crippen LogP contribution is -2.40. The fourth-order valence-electron chi connectivity index (χ4n) is 3.14. The van der Waals surface area contributed by atoms with Crippen molar-refractivity contribution in [2.75, 3.05) is 0 Å². The van der Waals surface area contributed by atoms with Crippen molar-refractivity contribution in [2.24, 2.45) is 5.92 Å². The van der Waals surface area contributed by atoms with Gasteiger partial charge in [0.1, 0.15) is 0 Å². The Balaban J connectivity index is 2.13. The first-order valence-electron chi connectivity index (χ1n) is 8.67. The van der Waals surface area contributed by atoms with Crippen LogP contribution in [0.2, 0.25) is 0 Å². The number of nitrogens with zero attached hydrogens (tertiary/aromatic N) is 1. The highest BCUT2D eigenvalue weighted by molar-refractivity contribution is 6.00. The molecule has 4 nitrogen and oxygen atoms in total. The number of amides is 1. The number of Topliss-reactive ketones (excluding diaryl/α,β-unsaturated/α-hetero) is 1. The molecule has 0 spiro atoms. The quantitative estimate of drug-likeness (QED) is 0.826. The van der Waals surface area contributed by atoms with Crippen LogP contribution < -0.4 is 5.32 Å². The van der Waals surface area contributed by atoms with Crippen LogP contribution in [0.4, 0.5) is 0 Å². The van der Waals surface area contributed by atoms with Gasteiger partial charge in [-0.3, -0.25) is 9.59 Å². The smallest absolute Gasteiger partial charge is 0.252 e. The average Bonchev–Trinajstić information content (AvgIpc) is 2.59. The van der Waals surface area contributed by atoms with E-state index in [1.807, 2.05) is 45.9 Å². The normalized spacial score (nSPS) is 12.8. The summed E-state index contributed by atoms with van der Waals surface area (Å²) in [5.41, 5.74) is 4.70. The van der Waals surface area contributed by atoms with Gasteiger partial charge in [0.15, 0.2) is 5.78 Å². The molecule has 2 unspecified atom stereocenters. The molecule has 0 saturated carbocycles. The Morgan fingerprint density at radius 3 is 2.04 bits per heavy atom. The third-order valence-corrected chi connectivity index (χ3v) is 4.72. The molecule has 0 aliphatic rings. The molecule has 0 bridgehead atoms. The van der Waals surface area contributed by atoms with Crippen molar-refractivity contribution in [1.82, 2.24) is 5.32 Å². The lowest BCUT2D eigenvalue weighted by atomic mass is 9.92. The molecule has 2 atom stereocenters. The molecule has 134 valence electrons. The van der Waals surface area contributed by atoms with Gasteiger partial charge in [-0.1, -0.05) is 36.8 Å². The zero-order valence-corrected chi connectivity index (χ0v) is 15.9. The highest BCUT2D eigenvalue weighted by Gasteiger charge is 2.24. The Morgan fingerprint density at radius 1 is 1.00 bits per heavy atom. The molecule has 1 amide bonds. The molecule has 0 aromatic heterocycles. The molecule has 2 aromatic rings. The van der Waals surface area contributed by atoms with E-state index in [-0.39, 0.29) is 23.7 Å². The second-order valence-corrected chi connectivity index (χ2v) is 6.88. The van der Waals surface area contributed by atoms with Crippen LogP contribution in [0.3, 0.4) is 0 Å². The van der Waals surface area contributed by atoms with Crippen LogP contribution in [0, 0.1) is 38.0 Å². The minimum Gasteiger partial charge on any atom is -0.349 e. The van der Waals surface area contributed by atoms with E-state index < -0.39 is 0 Å². The van der Waals surface area contributed by atoms with Gasteiger partial charge in [0.25, 0.3) is 5.91 Å². The summed E-state index contributed by atoms with van der Waals surface area (Å²) < 4.78 is 0. The number of hydrogen-bond donors (Lipinski definition) is 1. The molecule has 0 aliphatic carbocycles. The number of nitrogens with one attached hydrogen (secondary N) is 1. The zero-order valence-electron chi connectivity index (χ0n) is 15.9. The van der Waals surface area contributed by atoms with Crippen LogP contribution in [0.25, 0.3) is 0 Å². The van der Waals surface area contributed by atoms with Crippen LogP contribution in [0.5, 0.6) is 0 Å². The minimum absolute atomic E-state index is 0.0559. The highest BCUT2D eigenvalue weighted by Crippen LogP contribution is 2.18. The van der Waals surface area contributed by atoms with Gasteiger partial charge in [0, 0.05) is 23.1 Å². The third kappa shape index (κ3) is 4.18. The van der Waals surface area contributed by atoms with Crippen LogP contribution >= 0.6 is 0 Å². The molecule has 1 N–H and O–H groups in total. The summed E-state index contributed by atoms with van der Waals surface area (Å²) in [6.45, 7) is 9.49. The SMILES string of the molecule is Cc1cc(C)c(C(=O)NC(C)C(C)C(=O)c2ccc(C#N)cc2)c(C)c1. The molecule has 2 rings (SSSR count). The van der Waals surface area contributed by atoms with E-state index in [0.29, 0.717) is 16.7 Å². The number of aryl methyl sites for hydroxylation is 3. The van der Waals surface area contributed by atoms with Crippen molar-refractivity contribution in [3.63, 3.8) is 0 Å². The fraction of sp³-hybridized carbons (Fsp3) is 0.318. The van der Waals surface area contributed by atoms with Crippen molar-refractivity contribution < 1.29 is 9.59 Å². The van der Waals surface area contributed by atoms with E-state index in [1.54, 1.807) is 31.2 Å². The summed E-state index contributed by atoms with van der Waals surface area (Å²) in [5, 5.41) is 11.8. The van der Waals surface area contributed by atoms with Crippen molar-refractivity contribution in [3.8, 4) is 6.07 Å². The maximum Gasteiger partial charge on any atom is 0.252 e. The Morgan fingerprint density at radius 2 is 1.54 bits per heavy atom. The Kier molecular flexibility index (Phi) is 5.94. The monoisotopic (exact) mass is 348 g/mol. The number of carbonyl (C=O) groups excluding carboxylic acids is 2. The minimum atomic E-state index is -0.377. The summed E-state index contributed by atoms with van der Waals surface area (Å²) in [6, 6.07) is 12.2. The number of nitriles is 1. The van der Waals surface area contributed by atoms with Gasteiger partial charge in [-0.05, 0) is 51.0 Å². The number of benzene rings is 2. The molecule has 0 heterocycles. The van der Waals surface area contributed by atoms with E-state index in [4.69, 9.17) is 5.26 Å². The maximum absolute atomic E-state index is 12.7. The third-order valence-electron chi connectivity index (χ3n) is 4.72. The van der Waals surface area contributed by atoms with Crippen molar-refractivity contribution in [2.45, 2.75) is 40.7 Å². The summed E-state index contributed by atoms with van der Waals surface area (Å²) in [7, 11) is 0. The molecule has 0 saturated heterocycles. The standard InChI is InChI=1S/C22H24N2O2/c1-13-10-14(2)20(15(3)11-13)22(26)24-17(5)16(4)21(25)19-8-6-18(12-23)7-9-19/h6-11,16-17H,1-5H3,(H,24,26). The first-order valence-corrected chi connectivity index (χ1v) is 8.67. The summed E-state index contributed by atoms with van der Waals surface area (Å²) in [4.78, 5) is 25.3. The zero-order chi connectivity index (χ0) is 19.4. The highest BCUT2D eigenvalue weighted by atomic mass is 16.2. The summed E-state index contributed by atoms with van der Waals surface area (Å²) in [6.07, 6.45) is 0. The van der Waals surface area contributed by atoms with Crippen LogP contribution in [-0.2, 0) is 0 Å². The lowest BCUT2D eigenvalue weighted by molar-refractivity contribution is 0.0868. The predicted molar refractivity (Wildman–Crippen MR) is 102 cm³/mol. The van der Waals surface area contributed by atoms with Gasteiger partial charge in [0.05, 0.1) is 11.6 Å². The van der Waals surface area contributed by atoms with Crippen LogP contribution in [0.15, 0.2) is 36.4 Å². The first-order chi connectivity index (χ1) is 12.2. The molecule has 0 aliphatic heterocycles. The topological polar surface area (TPSA) is 70.0 Å². The van der Waals surface area contributed by atoms with Gasteiger partial charge in [0.2, 0.25) is 0 Å². The number of carbonyl (C=O) groups is 2. The largest absolute Gasteiger partial charge is 0.349 e. The second-order valence-electron chi connectivity index (χ2n) is 6.88. The van der Waals surface area contributed by atoms with E-state index in [1.165, 1.54) is 0 Å². The average molecular weight is 348 g/mol. The second kappa shape index (κ2) is 7.97. The van der Waals surface area contributed by atoms with E-state index >= 15 is 0 Å². The van der Waals surface area contributed by atoms with E-state index in [0.717, 1.165) is 16.7 Å². The predicted octanol–water partition coefficient (Wildman–Crippen LogP) is 4.12. The Labute approximate surface area is 154 Å². The van der Waals surface area contributed by atoms with Gasteiger partial charge in [-0.2, -0.15) is 5.26 Å². The van der Waals surface area contributed by atoms with Gasteiger partial charge >= 0.3 is 0 Å². The van der Waals surface area contributed by atoms with E-state index in [2.05, 4.69) is 5.32 Å². The van der Waals surface area contributed by atoms with Crippen molar-refractivity contribution in [1.29, 1.82) is 5.26 Å².